The molecular weight excluding hydrogens is 335 g/mol. The first-order chi connectivity index (χ1) is 12.1. The zero-order valence-corrected chi connectivity index (χ0v) is 14.6. The monoisotopic (exact) mass is 350 g/mol. The molecule has 0 saturated carbocycles. The van der Waals surface area contributed by atoms with E-state index in [9.17, 15) is 4.39 Å². The minimum absolute atomic E-state index is 0.283. The number of thiazole rings is 1. The second kappa shape index (κ2) is 6.26. The molecule has 0 atom stereocenters. The van der Waals surface area contributed by atoms with E-state index < -0.39 is 0 Å². The van der Waals surface area contributed by atoms with Crippen LogP contribution in [-0.2, 0) is 0 Å². The first-order valence-corrected chi connectivity index (χ1v) is 8.74. The maximum Gasteiger partial charge on any atom is 0.227 e. The molecule has 0 N–H and O–H groups in total. The van der Waals surface area contributed by atoms with Gasteiger partial charge in [-0.1, -0.05) is 29.8 Å². The van der Waals surface area contributed by atoms with E-state index in [0.29, 0.717) is 11.7 Å². The Labute approximate surface area is 148 Å². The van der Waals surface area contributed by atoms with Gasteiger partial charge in [0.2, 0.25) is 5.89 Å². The lowest BCUT2D eigenvalue weighted by Gasteiger charge is -1.97. The van der Waals surface area contributed by atoms with Crippen LogP contribution >= 0.6 is 11.3 Å². The van der Waals surface area contributed by atoms with E-state index >= 15 is 0 Å². The highest BCUT2D eigenvalue weighted by atomic mass is 32.1. The molecule has 0 aliphatic carbocycles. The lowest BCUT2D eigenvalue weighted by molar-refractivity contribution is 0.585. The van der Waals surface area contributed by atoms with Crippen molar-refractivity contribution in [3.63, 3.8) is 0 Å². The second-order valence-electron chi connectivity index (χ2n) is 5.84. The number of nitrogens with zero attached hydrogens (tertiary/aromatic N) is 2. The van der Waals surface area contributed by atoms with Crippen molar-refractivity contribution in [2.75, 3.05) is 0 Å². The van der Waals surface area contributed by atoms with Crippen LogP contribution in [-0.4, -0.2) is 9.97 Å². The summed E-state index contributed by atoms with van der Waals surface area (Å²) in [6, 6.07) is 14.4. The lowest BCUT2D eigenvalue weighted by Crippen LogP contribution is -1.81. The SMILES string of the molecule is Cc1ccc(-c2nc(-c3oc(-c4ccc(F)cc4)nc3C)cs2)cc1. The summed E-state index contributed by atoms with van der Waals surface area (Å²) in [4.78, 5) is 9.14. The van der Waals surface area contributed by atoms with Crippen molar-refractivity contribution < 1.29 is 8.81 Å². The average molecular weight is 350 g/mol. The molecule has 0 unspecified atom stereocenters. The fourth-order valence-electron chi connectivity index (χ4n) is 2.56. The van der Waals surface area contributed by atoms with Crippen molar-refractivity contribution >= 4 is 11.3 Å². The van der Waals surface area contributed by atoms with Crippen molar-refractivity contribution in [3.05, 3.63) is 71.0 Å². The lowest BCUT2D eigenvalue weighted by atomic mass is 10.2. The molecule has 0 fully saturated rings. The molecule has 0 spiro atoms. The Kier molecular flexibility index (Phi) is 3.93. The Balaban J connectivity index is 1.69. The molecule has 4 aromatic rings. The number of hydrogen-bond acceptors (Lipinski definition) is 4. The number of aryl methyl sites for hydroxylation is 2. The molecule has 4 rings (SSSR count). The first kappa shape index (κ1) is 15.7. The van der Waals surface area contributed by atoms with Gasteiger partial charge in [-0.05, 0) is 38.1 Å². The third-order valence-electron chi connectivity index (χ3n) is 3.92. The molecule has 5 heteroatoms. The summed E-state index contributed by atoms with van der Waals surface area (Å²) < 4.78 is 19.0. The van der Waals surface area contributed by atoms with E-state index in [4.69, 9.17) is 4.42 Å². The maximum absolute atomic E-state index is 13.1. The van der Waals surface area contributed by atoms with Gasteiger partial charge in [0.05, 0.1) is 5.69 Å². The van der Waals surface area contributed by atoms with Crippen LogP contribution in [0.5, 0.6) is 0 Å². The summed E-state index contributed by atoms with van der Waals surface area (Å²) in [6.07, 6.45) is 0. The van der Waals surface area contributed by atoms with E-state index in [1.165, 1.54) is 17.7 Å². The largest absolute Gasteiger partial charge is 0.434 e. The van der Waals surface area contributed by atoms with Gasteiger partial charge in [0, 0.05) is 16.5 Å². The van der Waals surface area contributed by atoms with Crippen LogP contribution in [0.3, 0.4) is 0 Å². The zero-order chi connectivity index (χ0) is 17.4. The Morgan fingerprint density at radius 2 is 1.56 bits per heavy atom. The number of benzene rings is 2. The summed E-state index contributed by atoms with van der Waals surface area (Å²) in [7, 11) is 0. The van der Waals surface area contributed by atoms with Crippen LogP contribution in [0.15, 0.2) is 58.3 Å². The smallest absolute Gasteiger partial charge is 0.227 e. The van der Waals surface area contributed by atoms with Crippen molar-refractivity contribution in [2.45, 2.75) is 13.8 Å². The highest BCUT2D eigenvalue weighted by Crippen LogP contribution is 2.33. The van der Waals surface area contributed by atoms with E-state index in [1.807, 2.05) is 12.3 Å². The Morgan fingerprint density at radius 1 is 0.880 bits per heavy atom. The molecule has 25 heavy (non-hydrogen) atoms. The van der Waals surface area contributed by atoms with Crippen molar-refractivity contribution in [1.82, 2.24) is 9.97 Å². The Bertz CT molecular complexity index is 1020. The number of oxazole rings is 1. The summed E-state index contributed by atoms with van der Waals surface area (Å²) in [5.41, 5.74) is 4.57. The molecular formula is C20H15FN2OS. The van der Waals surface area contributed by atoms with Crippen molar-refractivity contribution in [3.8, 4) is 33.5 Å². The molecule has 0 amide bonds. The highest BCUT2D eigenvalue weighted by molar-refractivity contribution is 7.13. The number of rotatable bonds is 3. The van der Waals surface area contributed by atoms with Gasteiger partial charge < -0.3 is 4.42 Å². The molecule has 0 radical (unpaired) electrons. The van der Waals surface area contributed by atoms with Gasteiger partial charge >= 0.3 is 0 Å². The fraction of sp³-hybridized carbons (Fsp3) is 0.100. The molecule has 124 valence electrons. The van der Waals surface area contributed by atoms with Gasteiger partial charge in [-0.25, -0.2) is 14.4 Å². The highest BCUT2D eigenvalue weighted by Gasteiger charge is 2.16. The van der Waals surface area contributed by atoms with E-state index in [-0.39, 0.29) is 5.82 Å². The van der Waals surface area contributed by atoms with Gasteiger partial charge in [-0.15, -0.1) is 11.3 Å². The van der Waals surface area contributed by atoms with Gasteiger partial charge in [0.1, 0.15) is 16.5 Å². The number of hydrogen-bond donors (Lipinski definition) is 0. The van der Waals surface area contributed by atoms with Crippen molar-refractivity contribution in [1.29, 1.82) is 0 Å². The van der Waals surface area contributed by atoms with Crippen LogP contribution < -0.4 is 0 Å². The topological polar surface area (TPSA) is 38.9 Å². The van der Waals surface area contributed by atoms with E-state index in [1.54, 1.807) is 23.5 Å². The van der Waals surface area contributed by atoms with Gasteiger partial charge in [-0.2, -0.15) is 0 Å². The number of aromatic nitrogens is 2. The zero-order valence-electron chi connectivity index (χ0n) is 13.8. The van der Waals surface area contributed by atoms with Gasteiger partial charge in [0.15, 0.2) is 5.76 Å². The summed E-state index contributed by atoms with van der Waals surface area (Å²) in [6.45, 7) is 3.95. The Morgan fingerprint density at radius 3 is 2.28 bits per heavy atom. The molecule has 2 aromatic carbocycles. The predicted molar refractivity (Wildman–Crippen MR) is 97.9 cm³/mol. The fourth-order valence-corrected chi connectivity index (χ4v) is 3.36. The van der Waals surface area contributed by atoms with Crippen LogP contribution in [0.25, 0.3) is 33.5 Å². The first-order valence-electron chi connectivity index (χ1n) is 7.86. The van der Waals surface area contributed by atoms with Crippen LogP contribution in [0.2, 0.25) is 0 Å². The minimum Gasteiger partial charge on any atom is -0.434 e. The van der Waals surface area contributed by atoms with Crippen LogP contribution in [0.1, 0.15) is 11.3 Å². The molecule has 0 saturated heterocycles. The predicted octanol–water partition coefficient (Wildman–Crippen LogP) is 5.89. The summed E-state index contributed by atoms with van der Waals surface area (Å²) in [5.74, 6) is 0.834. The molecule has 2 heterocycles. The molecule has 2 aromatic heterocycles. The quantitative estimate of drug-likeness (QED) is 0.462. The van der Waals surface area contributed by atoms with E-state index in [2.05, 4.69) is 41.2 Å². The standard InChI is InChI=1S/C20H15FN2OS/c1-12-3-5-15(6-4-12)20-23-17(11-25-20)18-13(2)22-19(24-18)14-7-9-16(21)10-8-14/h3-11H,1-2H3. The maximum atomic E-state index is 13.1. The van der Waals surface area contributed by atoms with Gasteiger partial charge in [-0.3, -0.25) is 0 Å². The van der Waals surface area contributed by atoms with E-state index in [0.717, 1.165) is 27.5 Å². The third-order valence-corrected chi connectivity index (χ3v) is 4.81. The molecule has 0 bridgehead atoms. The minimum atomic E-state index is -0.283. The third kappa shape index (κ3) is 3.10. The second-order valence-corrected chi connectivity index (χ2v) is 6.70. The number of halogens is 1. The molecule has 0 aliphatic rings. The van der Waals surface area contributed by atoms with Gasteiger partial charge in [0.25, 0.3) is 0 Å². The summed E-state index contributed by atoms with van der Waals surface area (Å²) >= 11 is 1.57. The molecule has 0 aliphatic heterocycles. The summed E-state index contributed by atoms with van der Waals surface area (Å²) in [5, 5.41) is 2.91. The normalized spacial score (nSPS) is 11.0. The van der Waals surface area contributed by atoms with Crippen LogP contribution in [0.4, 0.5) is 4.39 Å². The van der Waals surface area contributed by atoms with Crippen molar-refractivity contribution in [2.24, 2.45) is 0 Å². The molecule has 3 nitrogen and oxygen atoms in total. The Hall–Kier alpha value is -2.79. The van der Waals surface area contributed by atoms with Crippen LogP contribution in [0, 0.1) is 19.7 Å². The average Bonchev–Trinajstić information content (AvgIpc) is 3.23.